The summed E-state index contributed by atoms with van der Waals surface area (Å²) in [7, 11) is 1.59. The molecule has 7 heteroatoms. The molecule has 0 saturated heterocycles. The Morgan fingerprint density at radius 1 is 1.14 bits per heavy atom. The number of hydrogen-bond acceptors (Lipinski definition) is 6. The summed E-state index contributed by atoms with van der Waals surface area (Å²) in [5.41, 5.74) is 2.41. The molecule has 21 heavy (non-hydrogen) atoms. The Morgan fingerprint density at radius 3 is 2.43 bits per heavy atom. The van der Waals surface area contributed by atoms with E-state index in [-0.39, 0.29) is 25.6 Å². The number of ketones is 1. The number of Topliss-reactive ketones (excluding diaryl/α,β-unsaturated/α-hetero) is 1. The van der Waals surface area contributed by atoms with Gasteiger partial charge in [0.05, 0.1) is 26.4 Å². The van der Waals surface area contributed by atoms with E-state index in [1.54, 1.807) is 7.05 Å². The number of rotatable bonds is 14. The van der Waals surface area contributed by atoms with Crippen LogP contribution < -0.4 is 10.8 Å². The first kappa shape index (κ1) is 20.0. The molecule has 0 aliphatic heterocycles. The molecule has 0 bridgehead atoms. The molecule has 0 radical (unpaired) electrons. The van der Waals surface area contributed by atoms with Crippen molar-refractivity contribution >= 4 is 11.7 Å². The summed E-state index contributed by atoms with van der Waals surface area (Å²) in [5, 5.41) is 2.64. The van der Waals surface area contributed by atoms with Crippen LogP contribution in [0.3, 0.4) is 0 Å². The molecule has 1 amide bonds. The highest BCUT2D eigenvalue weighted by atomic mass is 16.6. The molecular formula is C14H30N2O5. The lowest BCUT2D eigenvalue weighted by atomic mass is 10.0. The van der Waals surface area contributed by atoms with Crippen LogP contribution in [0, 0.1) is 5.92 Å². The van der Waals surface area contributed by atoms with Gasteiger partial charge in [-0.1, -0.05) is 13.8 Å². The molecule has 0 aliphatic rings. The maximum Gasteiger partial charge on any atom is 0.248 e. The molecule has 7 nitrogen and oxygen atoms in total. The third kappa shape index (κ3) is 12.4. The van der Waals surface area contributed by atoms with E-state index in [1.807, 2.05) is 13.8 Å². The number of carbonyl (C=O) groups is 2. The molecule has 0 fully saturated rings. The smallest absolute Gasteiger partial charge is 0.248 e. The molecule has 126 valence electrons. The van der Waals surface area contributed by atoms with Gasteiger partial charge in [0.2, 0.25) is 5.91 Å². The first-order valence-electron chi connectivity index (χ1n) is 7.35. The maximum atomic E-state index is 11.5. The SMILES string of the molecule is CCC(C)C(=O)CCOCCOCCNC(=O)CONC.[HH]. The van der Waals surface area contributed by atoms with Crippen LogP contribution >= 0.6 is 0 Å². The highest BCUT2D eigenvalue weighted by Gasteiger charge is 2.09. The van der Waals surface area contributed by atoms with Crippen molar-refractivity contribution in [2.75, 3.05) is 46.6 Å². The summed E-state index contributed by atoms with van der Waals surface area (Å²) >= 11 is 0. The first-order valence-corrected chi connectivity index (χ1v) is 7.35. The van der Waals surface area contributed by atoms with Gasteiger partial charge < -0.3 is 14.8 Å². The number of nitrogens with one attached hydrogen (secondary N) is 2. The molecular weight excluding hydrogens is 276 g/mol. The predicted octanol–water partition coefficient (Wildman–Crippen LogP) is 0.538. The van der Waals surface area contributed by atoms with Crippen molar-refractivity contribution in [2.45, 2.75) is 26.7 Å². The zero-order valence-corrected chi connectivity index (χ0v) is 13.3. The summed E-state index contributed by atoms with van der Waals surface area (Å²) in [6.45, 7) is 6.08. The van der Waals surface area contributed by atoms with Gasteiger partial charge >= 0.3 is 0 Å². The second-order valence-electron chi connectivity index (χ2n) is 4.59. The first-order chi connectivity index (χ1) is 10.1. The molecule has 0 aromatic heterocycles. The molecule has 0 heterocycles. The van der Waals surface area contributed by atoms with E-state index in [0.717, 1.165) is 6.42 Å². The second-order valence-corrected chi connectivity index (χ2v) is 4.59. The van der Waals surface area contributed by atoms with Gasteiger partial charge in [-0.3, -0.25) is 14.4 Å². The van der Waals surface area contributed by atoms with Gasteiger partial charge in [-0.2, -0.15) is 0 Å². The molecule has 0 aromatic rings. The van der Waals surface area contributed by atoms with Gasteiger partial charge in [-0.05, 0) is 6.42 Å². The van der Waals surface area contributed by atoms with Crippen molar-refractivity contribution in [1.29, 1.82) is 0 Å². The maximum absolute atomic E-state index is 11.5. The largest absolute Gasteiger partial charge is 0.379 e. The van der Waals surface area contributed by atoms with Crippen molar-refractivity contribution in [3.63, 3.8) is 0 Å². The van der Waals surface area contributed by atoms with Crippen LogP contribution in [0.5, 0.6) is 0 Å². The summed E-state index contributed by atoms with van der Waals surface area (Å²) in [5.74, 6) is 0.151. The second kappa shape index (κ2) is 13.9. The molecule has 2 N–H and O–H groups in total. The van der Waals surface area contributed by atoms with E-state index in [1.165, 1.54) is 0 Å². The lowest BCUT2D eigenvalue weighted by Crippen LogP contribution is -2.32. The minimum atomic E-state index is -0.201. The molecule has 0 aromatic carbocycles. The molecule has 0 rings (SSSR count). The van der Waals surface area contributed by atoms with Crippen molar-refractivity contribution in [3.05, 3.63) is 0 Å². The zero-order chi connectivity index (χ0) is 15.9. The van der Waals surface area contributed by atoms with Gasteiger partial charge in [0, 0.05) is 27.4 Å². The Bertz CT molecular complexity index is 292. The fraction of sp³-hybridized carbons (Fsp3) is 0.857. The third-order valence-corrected chi connectivity index (χ3v) is 2.94. The van der Waals surface area contributed by atoms with Crippen LogP contribution in [0.2, 0.25) is 0 Å². The van der Waals surface area contributed by atoms with Crippen molar-refractivity contribution in [2.24, 2.45) is 5.92 Å². The van der Waals surface area contributed by atoms with Gasteiger partial charge in [0.1, 0.15) is 12.4 Å². The summed E-state index contributed by atoms with van der Waals surface area (Å²) in [6, 6.07) is 0. The van der Waals surface area contributed by atoms with E-state index in [2.05, 4.69) is 10.8 Å². The average molecular weight is 306 g/mol. The Morgan fingerprint density at radius 2 is 1.81 bits per heavy atom. The third-order valence-electron chi connectivity index (χ3n) is 2.94. The summed E-state index contributed by atoms with van der Waals surface area (Å²) in [6.07, 6.45) is 1.32. The van der Waals surface area contributed by atoms with Crippen LogP contribution in [0.4, 0.5) is 0 Å². The van der Waals surface area contributed by atoms with Crippen LogP contribution in [0.15, 0.2) is 0 Å². The topological polar surface area (TPSA) is 85.9 Å². The Labute approximate surface area is 128 Å². The van der Waals surface area contributed by atoms with E-state index >= 15 is 0 Å². The monoisotopic (exact) mass is 306 g/mol. The van der Waals surface area contributed by atoms with E-state index in [0.29, 0.717) is 39.4 Å². The Hall–Kier alpha value is -1.02. The minimum Gasteiger partial charge on any atom is -0.379 e. The molecule has 1 unspecified atom stereocenters. The van der Waals surface area contributed by atoms with Crippen molar-refractivity contribution < 1.29 is 25.3 Å². The number of hydroxylamine groups is 1. The van der Waals surface area contributed by atoms with Crippen molar-refractivity contribution in [1.82, 2.24) is 10.8 Å². The number of ether oxygens (including phenoxy) is 2. The lowest BCUT2D eigenvalue weighted by Gasteiger charge is -2.09. The fourth-order valence-electron chi connectivity index (χ4n) is 1.42. The predicted molar refractivity (Wildman–Crippen MR) is 80.9 cm³/mol. The highest BCUT2D eigenvalue weighted by molar-refractivity contribution is 5.80. The minimum absolute atomic E-state index is 0. The van der Waals surface area contributed by atoms with E-state index < -0.39 is 0 Å². The molecule has 0 saturated carbocycles. The molecule has 1 atom stereocenters. The highest BCUT2D eigenvalue weighted by Crippen LogP contribution is 2.04. The Balaban J connectivity index is 0. The molecule has 0 spiro atoms. The lowest BCUT2D eigenvalue weighted by molar-refractivity contribution is -0.128. The normalized spacial score (nSPS) is 12.1. The van der Waals surface area contributed by atoms with Crippen LogP contribution in [-0.4, -0.2) is 58.3 Å². The van der Waals surface area contributed by atoms with Gasteiger partial charge in [0.15, 0.2) is 0 Å². The fourth-order valence-corrected chi connectivity index (χ4v) is 1.42. The van der Waals surface area contributed by atoms with Crippen LogP contribution in [0.25, 0.3) is 0 Å². The standard InChI is InChI=1S/C14H28N2O5.H2/c1-4-12(2)13(17)5-7-19-9-10-20-8-6-16-14(18)11-21-15-3;/h12,15H,4-11H2,1-3H3,(H,16,18);1H. The van der Waals surface area contributed by atoms with Crippen molar-refractivity contribution in [3.8, 4) is 0 Å². The van der Waals surface area contributed by atoms with Crippen LogP contribution in [-0.2, 0) is 23.9 Å². The van der Waals surface area contributed by atoms with Crippen LogP contribution in [0.1, 0.15) is 28.1 Å². The summed E-state index contributed by atoms with van der Waals surface area (Å²) in [4.78, 5) is 27.4. The van der Waals surface area contributed by atoms with Gasteiger partial charge in [-0.15, -0.1) is 0 Å². The van der Waals surface area contributed by atoms with E-state index in [9.17, 15) is 9.59 Å². The number of amides is 1. The number of hydrogen-bond donors (Lipinski definition) is 2. The quantitative estimate of drug-likeness (QED) is 0.360. The molecule has 0 aliphatic carbocycles. The summed E-state index contributed by atoms with van der Waals surface area (Å²) < 4.78 is 10.6. The number of carbonyl (C=O) groups excluding carboxylic acids is 2. The van der Waals surface area contributed by atoms with Gasteiger partial charge in [0.25, 0.3) is 0 Å². The van der Waals surface area contributed by atoms with E-state index in [4.69, 9.17) is 14.3 Å². The average Bonchev–Trinajstić information content (AvgIpc) is 2.50. The van der Waals surface area contributed by atoms with Gasteiger partial charge in [-0.25, -0.2) is 5.48 Å². The Kier molecular flexibility index (Phi) is 13.3. The zero-order valence-electron chi connectivity index (χ0n) is 13.3.